The van der Waals surface area contributed by atoms with Crippen LogP contribution in [-0.4, -0.2) is 52.7 Å². The van der Waals surface area contributed by atoms with Crippen LogP contribution in [0.25, 0.3) is 17.1 Å². The summed E-state index contributed by atoms with van der Waals surface area (Å²) in [5, 5.41) is 12.1. The van der Waals surface area contributed by atoms with Gasteiger partial charge >= 0.3 is 5.97 Å². The van der Waals surface area contributed by atoms with Crippen LogP contribution in [0.1, 0.15) is 19.8 Å². The van der Waals surface area contributed by atoms with E-state index in [-0.39, 0.29) is 24.1 Å². The first-order valence-electron chi connectivity index (χ1n) is 10.3. The van der Waals surface area contributed by atoms with E-state index in [0.29, 0.717) is 30.6 Å². The van der Waals surface area contributed by atoms with Crippen LogP contribution in [0.15, 0.2) is 59.8 Å². The van der Waals surface area contributed by atoms with Crippen molar-refractivity contribution >= 4 is 23.6 Å². The molecule has 0 aliphatic heterocycles. The monoisotopic (exact) mass is 454 g/mol. The molecule has 0 unspecified atom stereocenters. The van der Waals surface area contributed by atoms with Gasteiger partial charge in [-0.15, -0.1) is 10.2 Å². The summed E-state index contributed by atoms with van der Waals surface area (Å²) < 4.78 is 12.1. The van der Waals surface area contributed by atoms with Crippen molar-refractivity contribution in [3.8, 4) is 22.8 Å². The summed E-state index contributed by atoms with van der Waals surface area (Å²) in [5.74, 6) is 1.23. The molecule has 9 heteroatoms. The maximum Gasteiger partial charge on any atom is 0.305 e. The van der Waals surface area contributed by atoms with Crippen LogP contribution in [-0.2, 0) is 14.3 Å². The minimum absolute atomic E-state index is 0.137. The summed E-state index contributed by atoms with van der Waals surface area (Å²) in [5.41, 5.74) is 1.80. The molecule has 3 rings (SSSR count). The summed E-state index contributed by atoms with van der Waals surface area (Å²) in [6.07, 6.45) is 0.806. The van der Waals surface area contributed by atoms with Gasteiger partial charge in [-0.3, -0.25) is 14.2 Å². The summed E-state index contributed by atoms with van der Waals surface area (Å²) >= 11 is 1.30. The van der Waals surface area contributed by atoms with Gasteiger partial charge in [0.1, 0.15) is 5.75 Å². The van der Waals surface area contributed by atoms with E-state index >= 15 is 0 Å². The first-order valence-corrected chi connectivity index (χ1v) is 11.3. The van der Waals surface area contributed by atoms with Gasteiger partial charge in [-0.25, -0.2) is 0 Å². The van der Waals surface area contributed by atoms with Gasteiger partial charge < -0.3 is 14.8 Å². The van der Waals surface area contributed by atoms with Gasteiger partial charge in [0.05, 0.1) is 19.5 Å². The standard InChI is InChI=1S/C23H26N4O4S/c1-3-31-19-13-11-18(12-14-19)27-22(17-8-5-4-6-9-17)25-26-23(27)32-16-20(28)24-15-7-10-21(29)30-2/h4-6,8-9,11-14H,3,7,10,15-16H2,1-2H3,(H,24,28). The van der Waals surface area contributed by atoms with E-state index in [1.54, 1.807) is 0 Å². The average Bonchev–Trinajstić information content (AvgIpc) is 3.25. The number of carbonyl (C=O) groups is 2. The number of benzene rings is 2. The third-order valence-corrected chi connectivity index (χ3v) is 5.44. The molecule has 0 saturated heterocycles. The smallest absolute Gasteiger partial charge is 0.305 e. The first-order chi connectivity index (χ1) is 15.6. The van der Waals surface area contributed by atoms with Crippen LogP contribution in [0.3, 0.4) is 0 Å². The lowest BCUT2D eigenvalue weighted by Crippen LogP contribution is -2.26. The number of carbonyl (C=O) groups excluding carboxylic acids is 2. The SMILES string of the molecule is CCOc1ccc(-n2c(SCC(=O)NCCCC(=O)OC)nnc2-c2ccccc2)cc1. The van der Waals surface area contributed by atoms with Crippen molar-refractivity contribution in [3.05, 3.63) is 54.6 Å². The average molecular weight is 455 g/mol. The first kappa shape index (κ1) is 23.3. The maximum absolute atomic E-state index is 12.2. The van der Waals surface area contributed by atoms with Crippen LogP contribution in [0, 0.1) is 0 Å². The molecule has 0 atom stereocenters. The van der Waals surface area contributed by atoms with E-state index in [1.165, 1.54) is 18.9 Å². The number of amides is 1. The molecule has 8 nitrogen and oxygen atoms in total. The number of aromatic nitrogens is 3. The minimum atomic E-state index is -0.287. The topological polar surface area (TPSA) is 95.3 Å². The molecule has 2 aromatic carbocycles. The summed E-state index contributed by atoms with van der Waals surface area (Å²) in [7, 11) is 1.35. The number of hydrogen-bond acceptors (Lipinski definition) is 7. The van der Waals surface area contributed by atoms with Crippen LogP contribution >= 0.6 is 11.8 Å². The van der Waals surface area contributed by atoms with Gasteiger partial charge in [0.15, 0.2) is 11.0 Å². The molecule has 0 saturated carbocycles. The highest BCUT2D eigenvalue weighted by Gasteiger charge is 2.17. The number of nitrogens with zero attached hydrogens (tertiary/aromatic N) is 3. The number of esters is 1. The van der Waals surface area contributed by atoms with E-state index in [4.69, 9.17) is 4.74 Å². The second-order valence-corrected chi connectivity index (χ2v) is 7.70. The Kier molecular flexibility index (Phi) is 8.68. The Morgan fingerprint density at radius 2 is 1.81 bits per heavy atom. The fourth-order valence-electron chi connectivity index (χ4n) is 2.97. The zero-order valence-electron chi connectivity index (χ0n) is 18.1. The molecule has 3 aromatic rings. The van der Waals surface area contributed by atoms with Crippen molar-refractivity contribution in [1.29, 1.82) is 0 Å². The van der Waals surface area contributed by atoms with Crippen molar-refractivity contribution in [2.75, 3.05) is 26.0 Å². The van der Waals surface area contributed by atoms with Crippen molar-refractivity contribution in [3.63, 3.8) is 0 Å². The van der Waals surface area contributed by atoms with Crippen LogP contribution in [0.5, 0.6) is 5.75 Å². The second-order valence-electron chi connectivity index (χ2n) is 6.75. The van der Waals surface area contributed by atoms with Crippen LogP contribution in [0.4, 0.5) is 0 Å². The Hall–Kier alpha value is -3.33. The van der Waals surface area contributed by atoms with Crippen molar-refractivity contribution < 1.29 is 19.1 Å². The fourth-order valence-corrected chi connectivity index (χ4v) is 3.75. The molecule has 0 aliphatic carbocycles. The fraction of sp³-hybridized carbons (Fsp3) is 0.304. The van der Waals surface area contributed by atoms with Crippen molar-refractivity contribution in [2.24, 2.45) is 0 Å². The van der Waals surface area contributed by atoms with Gasteiger partial charge in [-0.05, 0) is 37.6 Å². The number of methoxy groups -OCH3 is 1. The van der Waals surface area contributed by atoms with E-state index in [0.717, 1.165) is 17.0 Å². The molecule has 32 heavy (non-hydrogen) atoms. The molecule has 168 valence electrons. The van der Waals surface area contributed by atoms with Gasteiger partial charge in [0.25, 0.3) is 0 Å². The number of ether oxygens (including phenoxy) is 2. The molecule has 1 heterocycles. The van der Waals surface area contributed by atoms with E-state index in [2.05, 4.69) is 20.3 Å². The lowest BCUT2D eigenvalue weighted by molar-refractivity contribution is -0.140. The summed E-state index contributed by atoms with van der Waals surface area (Å²) in [4.78, 5) is 23.4. The Morgan fingerprint density at radius 1 is 1.06 bits per heavy atom. The number of thioether (sulfide) groups is 1. The third kappa shape index (κ3) is 6.34. The lowest BCUT2D eigenvalue weighted by Gasteiger charge is -2.11. The van der Waals surface area contributed by atoms with Crippen molar-refractivity contribution in [1.82, 2.24) is 20.1 Å². The lowest BCUT2D eigenvalue weighted by atomic mass is 10.2. The summed E-state index contributed by atoms with van der Waals surface area (Å²) in [6.45, 7) is 2.95. The van der Waals surface area contributed by atoms with E-state index in [1.807, 2.05) is 66.1 Å². The van der Waals surface area contributed by atoms with Crippen LogP contribution < -0.4 is 10.1 Å². The Bertz CT molecular complexity index is 1020. The molecule has 1 N–H and O–H groups in total. The maximum atomic E-state index is 12.2. The number of nitrogens with one attached hydrogen (secondary N) is 1. The predicted molar refractivity (Wildman–Crippen MR) is 123 cm³/mol. The molecule has 1 amide bonds. The second kappa shape index (κ2) is 11.9. The zero-order chi connectivity index (χ0) is 22.8. The molecular formula is C23H26N4O4S. The number of rotatable bonds is 11. The third-order valence-electron chi connectivity index (χ3n) is 4.51. The summed E-state index contributed by atoms with van der Waals surface area (Å²) in [6, 6.07) is 17.5. The van der Waals surface area contributed by atoms with Gasteiger partial charge in [0.2, 0.25) is 5.91 Å². The molecule has 0 radical (unpaired) electrons. The van der Waals surface area contributed by atoms with Gasteiger partial charge in [0, 0.05) is 24.2 Å². The highest BCUT2D eigenvalue weighted by Crippen LogP contribution is 2.28. The molecule has 0 fully saturated rings. The molecule has 0 spiro atoms. The Labute approximate surface area is 191 Å². The zero-order valence-corrected chi connectivity index (χ0v) is 18.9. The Morgan fingerprint density at radius 3 is 2.50 bits per heavy atom. The van der Waals surface area contributed by atoms with Gasteiger partial charge in [-0.1, -0.05) is 42.1 Å². The minimum Gasteiger partial charge on any atom is -0.494 e. The van der Waals surface area contributed by atoms with Crippen LogP contribution in [0.2, 0.25) is 0 Å². The predicted octanol–water partition coefficient (Wildman–Crippen LogP) is 3.49. The highest BCUT2D eigenvalue weighted by atomic mass is 32.2. The Balaban J connectivity index is 1.74. The van der Waals surface area contributed by atoms with Gasteiger partial charge in [-0.2, -0.15) is 0 Å². The molecule has 0 aliphatic rings. The molecular weight excluding hydrogens is 428 g/mol. The quantitative estimate of drug-likeness (QED) is 0.269. The van der Waals surface area contributed by atoms with E-state index < -0.39 is 0 Å². The number of hydrogen-bond donors (Lipinski definition) is 1. The van der Waals surface area contributed by atoms with E-state index in [9.17, 15) is 9.59 Å². The largest absolute Gasteiger partial charge is 0.494 e. The molecule has 1 aromatic heterocycles. The molecule has 0 bridgehead atoms. The normalized spacial score (nSPS) is 10.6. The van der Waals surface area contributed by atoms with Crippen molar-refractivity contribution in [2.45, 2.75) is 24.9 Å². The highest BCUT2D eigenvalue weighted by molar-refractivity contribution is 7.99.